The van der Waals surface area contributed by atoms with Crippen molar-refractivity contribution in [2.45, 2.75) is 44.8 Å². The van der Waals surface area contributed by atoms with Crippen LogP contribution in [0, 0.1) is 0 Å². The van der Waals surface area contributed by atoms with E-state index < -0.39 is 18.1 Å². The van der Waals surface area contributed by atoms with Crippen LogP contribution in [0.5, 0.6) is 5.75 Å². The average molecular weight is 441 g/mol. The van der Waals surface area contributed by atoms with Crippen molar-refractivity contribution in [1.29, 1.82) is 0 Å². The van der Waals surface area contributed by atoms with Gasteiger partial charge in [-0.1, -0.05) is 22.9 Å². The molecule has 27 heavy (non-hydrogen) atoms. The van der Waals surface area contributed by atoms with E-state index in [2.05, 4.69) is 21.2 Å². The molecule has 2 atom stereocenters. The van der Waals surface area contributed by atoms with Crippen LogP contribution in [0.3, 0.4) is 0 Å². The van der Waals surface area contributed by atoms with Gasteiger partial charge in [-0.2, -0.15) is 0 Å². The van der Waals surface area contributed by atoms with Crippen LogP contribution >= 0.6 is 15.9 Å². The first kappa shape index (κ1) is 21.2. The summed E-state index contributed by atoms with van der Waals surface area (Å²) in [4.78, 5) is 38.4. The Morgan fingerprint density at radius 2 is 1.96 bits per heavy atom. The lowest BCUT2D eigenvalue weighted by Gasteiger charge is -2.34. The summed E-state index contributed by atoms with van der Waals surface area (Å²) in [5.74, 6) is -0.401. The zero-order valence-corrected chi connectivity index (χ0v) is 17.2. The Labute approximate surface area is 167 Å². The molecule has 1 saturated heterocycles. The molecule has 148 valence electrons. The molecular weight excluding hydrogens is 416 g/mol. The van der Waals surface area contributed by atoms with Gasteiger partial charge in [0, 0.05) is 17.4 Å². The van der Waals surface area contributed by atoms with Crippen molar-refractivity contribution in [3.05, 3.63) is 28.7 Å². The van der Waals surface area contributed by atoms with E-state index in [4.69, 9.17) is 9.47 Å². The number of methoxy groups -OCH3 is 1. The maximum atomic E-state index is 12.6. The Kier molecular flexibility index (Phi) is 8.09. The van der Waals surface area contributed by atoms with E-state index in [1.165, 1.54) is 7.11 Å². The summed E-state index contributed by atoms with van der Waals surface area (Å²) in [5, 5.41) is 2.74. The molecule has 0 unspecified atom stereocenters. The Bertz CT molecular complexity index is 665. The topological polar surface area (TPSA) is 84.9 Å². The largest absolute Gasteiger partial charge is 0.477 e. The molecule has 1 heterocycles. The molecule has 2 amide bonds. The first-order chi connectivity index (χ1) is 13.0. The number of ether oxygens (including phenoxy) is 2. The molecule has 0 radical (unpaired) electrons. The lowest BCUT2D eigenvalue weighted by Crippen LogP contribution is -2.53. The van der Waals surface area contributed by atoms with Crippen molar-refractivity contribution in [3.8, 4) is 5.75 Å². The first-order valence-corrected chi connectivity index (χ1v) is 9.82. The van der Waals surface area contributed by atoms with Crippen LogP contribution in [0.25, 0.3) is 0 Å². The molecule has 1 aromatic carbocycles. The van der Waals surface area contributed by atoms with E-state index in [0.717, 1.165) is 17.3 Å². The second-order valence-electron chi connectivity index (χ2n) is 6.28. The lowest BCUT2D eigenvalue weighted by atomic mass is 10.0. The zero-order chi connectivity index (χ0) is 19.8. The fraction of sp³-hybridized carbons (Fsp3) is 0.526. The highest BCUT2D eigenvalue weighted by Crippen LogP contribution is 2.19. The monoisotopic (exact) mass is 440 g/mol. The van der Waals surface area contributed by atoms with Crippen LogP contribution in [-0.2, 0) is 19.1 Å². The summed E-state index contributed by atoms with van der Waals surface area (Å²) in [7, 11) is 1.27. The van der Waals surface area contributed by atoms with Gasteiger partial charge in [-0.15, -0.1) is 0 Å². The number of piperidine rings is 1. The van der Waals surface area contributed by atoms with E-state index >= 15 is 0 Å². The molecule has 0 spiro atoms. The predicted molar refractivity (Wildman–Crippen MR) is 103 cm³/mol. The third kappa shape index (κ3) is 5.95. The normalized spacial score (nSPS) is 17.7. The van der Waals surface area contributed by atoms with E-state index in [-0.39, 0.29) is 18.4 Å². The number of benzene rings is 1. The lowest BCUT2D eigenvalue weighted by molar-refractivity contribution is -0.149. The second-order valence-corrected chi connectivity index (χ2v) is 7.20. The van der Waals surface area contributed by atoms with Gasteiger partial charge in [-0.3, -0.25) is 9.59 Å². The summed E-state index contributed by atoms with van der Waals surface area (Å²) in [6, 6.07) is 6.50. The van der Waals surface area contributed by atoms with Gasteiger partial charge in [0.1, 0.15) is 11.8 Å². The maximum Gasteiger partial charge on any atom is 0.348 e. The first-order valence-electron chi connectivity index (χ1n) is 9.03. The molecular formula is C19H25BrN2O5. The highest BCUT2D eigenvalue weighted by Gasteiger charge is 2.32. The summed E-state index contributed by atoms with van der Waals surface area (Å²) in [6.45, 7) is 2.33. The molecule has 0 aromatic heterocycles. The van der Waals surface area contributed by atoms with Gasteiger partial charge in [0.15, 0.2) is 0 Å². The number of carbonyl (C=O) groups excluding carboxylic acids is 3. The Balaban J connectivity index is 2.00. The second kappa shape index (κ2) is 10.3. The number of rotatable bonds is 7. The third-order valence-corrected chi connectivity index (χ3v) is 4.97. The van der Waals surface area contributed by atoms with Gasteiger partial charge < -0.3 is 19.7 Å². The van der Waals surface area contributed by atoms with E-state index in [1.807, 2.05) is 0 Å². The smallest absolute Gasteiger partial charge is 0.348 e. The number of carbonyl (C=O) groups is 3. The molecule has 1 N–H and O–H groups in total. The fourth-order valence-corrected chi connectivity index (χ4v) is 3.26. The zero-order valence-electron chi connectivity index (χ0n) is 15.6. The third-order valence-electron chi connectivity index (χ3n) is 4.45. The number of likely N-dealkylation sites (tertiary alicyclic amines) is 1. The molecule has 0 bridgehead atoms. The molecule has 1 aliphatic heterocycles. The number of nitrogens with zero attached hydrogens (tertiary/aromatic N) is 1. The molecule has 0 saturated carbocycles. The van der Waals surface area contributed by atoms with Gasteiger partial charge in [-0.05, 0) is 43.5 Å². The van der Waals surface area contributed by atoms with Crippen molar-refractivity contribution in [3.63, 3.8) is 0 Å². The molecule has 2 rings (SSSR count). The number of nitrogens with one attached hydrogen (secondary N) is 1. The minimum absolute atomic E-state index is 0.0355. The van der Waals surface area contributed by atoms with E-state index in [1.54, 1.807) is 36.1 Å². The standard InChI is InChI=1S/C19H25BrN2O5/c1-3-17(23)22-11-5-4-6-15(22)18(24)21-12-16(19(25)26-2)27-14-9-7-13(20)8-10-14/h7-10,15-16H,3-6,11-12H2,1-2H3,(H,21,24)/t15-,16-/m1/s1. The van der Waals surface area contributed by atoms with Gasteiger partial charge in [-0.25, -0.2) is 4.79 Å². The van der Waals surface area contributed by atoms with E-state index in [9.17, 15) is 14.4 Å². The maximum absolute atomic E-state index is 12.6. The average Bonchev–Trinajstić information content (AvgIpc) is 2.71. The number of hydrogen-bond donors (Lipinski definition) is 1. The fourth-order valence-electron chi connectivity index (χ4n) is 3.00. The molecule has 0 aliphatic carbocycles. The van der Waals surface area contributed by atoms with Crippen molar-refractivity contribution in [2.24, 2.45) is 0 Å². The van der Waals surface area contributed by atoms with Crippen LogP contribution in [-0.4, -0.2) is 55.0 Å². The molecule has 1 aromatic rings. The summed E-state index contributed by atoms with van der Waals surface area (Å²) in [6.07, 6.45) is 1.79. The molecule has 7 nitrogen and oxygen atoms in total. The summed E-state index contributed by atoms with van der Waals surface area (Å²) >= 11 is 3.33. The SMILES string of the molecule is CCC(=O)N1CCCC[C@@H]1C(=O)NC[C@@H](Oc1ccc(Br)cc1)C(=O)OC. The predicted octanol–water partition coefficient (Wildman–Crippen LogP) is 2.28. The summed E-state index contributed by atoms with van der Waals surface area (Å²) in [5.41, 5.74) is 0. The van der Waals surface area contributed by atoms with Gasteiger partial charge >= 0.3 is 5.97 Å². The minimum Gasteiger partial charge on any atom is -0.477 e. The highest BCUT2D eigenvalue weighted by atomic mass is 79.9. The van der Waals surface area contributed by atoms with Gasteiger partial charge in [0.25, 0.3) is 0 Å². The molecule has 1 fully saturated rings. The number of halogens is 1. The van der Waals surface area contributed by atoms with Crippen molar-refractivity contribution >= 4 is 33.7 Å². The van der Waals surface area contributed by atoms with Crippen molar-refractivity contribution in [1.82, 2.24) is 10.2 Å². The quantitative estimate of drug-likeness (QED) is 0.657. The van der Waals surface area contributed by atoms with Crippen LogP contribution in [0.2, 0.25) is 0 Å². The summed E-state index contributed by atoms with van der Waals surface area (Å²) < 4.78 is 11.3. The number of hydrogen-bond acceptors (Lipinski definition) is 5. The Morgan fingerprint density at radius 1 is 1.26 bits per heavy atom. The number of amides is 2. The van der Waals surface area contributed by atoms with E-state index in [0.29, 0.717) is 25.1 Å². The Morgan fingerprint density at radius 3 is 2.59 bits per heavy atom. The molecule has 8 heteroatoms. The minimum atomic E-state index is -0.973. The van der Waals surface area contributed by atoms with Gasteiger partial charge in [0.05, 0.1) is 13.7 Å². The van der Waals surface area contributed by atoms with Crippen LogP contribution in [0.4, 0.5) is 0 Å². The van der Waals surface area contributed by atoms with Gasteiger partial charge in [0.2, 0.25) is 17.9 Å². The highest BCUT2D eigenvalue weighted by molar-refractivity contribution is 9.10. The van der Waals surface area contributed by atoms with Crippen LogP contribution in [0.15, 0.2) is 28.7 Å². The Hall–Kier alpha value is -2.09. The molecule has 1 aliphatic rings. The number of esters is 1. The van der Waals surface area contributed by atoms with Crippen LogP contribution in [0.1, 0.15) is 32.6 Å². The van der Waals surface area contributed by atoms with Crippen molar-refractivity contribution < 1.29 is 23.9 Å². The van der Waals surface area contributed by atoms with Crippen LogP contribution < -0.4 is 10.1 Å². The van der Waals surface area contributed by atoms with Crippen molar-refractivity contribution in [2.75, 3.05) is 20.2 Å².